The number of carbonyl (C=O) groups is 2. The van der Waals surface area contributed by atoms with Crippen LogP contribution >= 0.6 is 0 Å². The van der Waals surface area contributed by atoms with Crippen LogP contribution in [-0.4, -0.2) is 18.9 Å². The molecule has 0 bridgehead atoms. The second-order valence-electron chi connectivity index (χ2n) is 4.79. The molecule has 2 aromatic rings. The van der Waals surface area contributed by atoms with Crippen molar-refractivity contribution in [2.24, 2.45) is 0 Å². The Morgan fingerprint density at radius 3 is 2.48 bits per heavy atom. The summed E-state index contributed by atoms with van der Waals surface area (Å²) < 4.78 is 18.6. The summed E-state index contributed by atoms with van der Waals surface area (Å²) in [6.07, 6.45) is 0.628. The van der Waals surface area contributed by atoms with Crippen LogP contribution < -0.4 is 15.6 Å². The molecule has 0 aliphatic heterocycles. The topological polar surface area (TPSA) is 67.4 Å². The Hall–Kier alpha value is -2.89. The molecular formula is C17H17FN2O3. The number of carbonyl (C=O) groups excluding carboxylic acids is 2. The van der Waals surface area contributed by atoms with Gasteiger partial charge in [-0.05, 0) is 30.2 Å². The number of hydrogen-bond donors (Lipinski definition) is 2. The second-order valence-corrected chi connectivity index (χ2v) is 4.79. The zero-order valence-electron chi connectivity index (χ0n) is 12.6. The van der Waals surface area contributed by atoms with Crippen LogP contribution in [0, 0.1) is 5.82 Å². The van der Waals surface area contributed by atoms with E-state index in [2.05, 4.69) is 10.9 Å². The molecule has 6 heteroatoms. The smallest absolute Gasteiger partial charge is 0.272 e. The maximum absolute atomic E-state index is 13.4. The largest absolute Gasteiger partial charge is 0.496 e. The molecular weight excluding hydrogens is 299 g/mol. The predicted molar refractivity (Wildman–Crippen MR) is 83.3 cm³/mol. The molecule has 0 spiro atoms. The normalized spacial score (nSPS) is 10.0. The van der Waals surface area contributed by atoms with Crippen molar-refractivity contribution in [2.45, 2.75) is 12.8 Å². The third-order valence-electron chi connectivity index (χ3n) is 3.25. The van der Waals surface area contributed by atoms with E-state index in [0.717, 1.165) is 5.56 Å². The van der Waals surface area contributed by atoms with Crippen LogP contribution in [0.25, 0.3) is 0 Å². The van der Waals surface area contributed by atoms with Gasteiger partial charge in [0.05, 0.1) is 12.7 Å². The Kier molecular flexibility index (Phi) is 5.68. The van der Waals surface area contributed by atoms with Crippen molar-refractivity contribution in [3.8, 4) is 5.75 Å². The molecule has 5 nitrogen and oxygen atoms in total. The third kappa shape index (κ3) is 4.54. The van der Waals surface area contributed by atoms with Gasteiger partial charge in [0.1, 0.15) is 11.6 Å². The summed E-state index contributed by atoms with van der Waals surface area (Å²) in [6.45, 7) is 0. The fourth-order valence-electron chi connectivity index (χ4n) is 2.06. The van der Waals surface area contributed by atoms with Gasteiger partial charge in [-0.15, -0.1) is 0 Å². The lowest BCUT2D eigenvalue weighted by molar-refractivity contribution is -0.121. The number of halogens is 1. The van der Waals surface area contributed by atoms with Gasteiger partial charge in [-0.25, -0.2) is 4.39 Å². The number of benzene rings is 2. The van der Waals surface area contributed by atoms with Gasteiger partial charge in [-0.2, -0.15) is 0 Å². The van der Waals surface area contributed by atoms with Crippen molar-refractivity contribution >= 4 is 11.8 Å². The maximum Gasteiger partial charge on any atom is 0.272 e. The molecule has 0 heterocycles. The fourth-order valence-corrected chi connectivity index (χ4v) is 2.06. The zero-order chi connectivity index (χ0) is 16.7. The quantitative estimate of drug-likeness (QED) is 0.831. The zero-order valence-corrected chi connectivity index (χ0v) is 12.6. The summed E-state index contributed by atoms with van der Waals surface area (Å²) in [6, 6.07) is 12.9. The van der Waals surface area contributed by atoms with Crippen LogP contribution in [0.5, 0.6) is 5.75 Å². The number of hydrazine groups is 1. The number of nitrogens with one attached hydrogen (secondary N) is 2. The average Bonchev–Trinajstić information content (AvgIpc) is 2.58. The predicted octanol–water partition coefficient (Wildman–Crippen LogP) is 2.23. The van der Waals surface area contributed by atoms with E-state index in [1.165, 1.54) is 18.2 Å². The van der Waals surface area contributed by atoms with Gasteiger partial charge in [0, 0.05) is 6.42 Å². The van der Waals surface area contributed by atoms with E-state index < -0.39 is 11.7 Å². The minimum absolute atomic E-state index is 0.127. The first-order valence-corrected chi connectivity index (χ1v) is 7.07. The fraction of sp³-hybridized carbons (Fsp3) is 0.176. The van der Waals surface area contributed by atoms with Gasteiger partial charge >= 0.3 is 0 Å². The highest BCUT2D eigenvalue weighted by Gasteiger charge is 2.12. The first-order valence-electron chi connectivity index (χ1n) is 7.07. The van der Waals surface area contributed by atoms with Gasteiger partial charge in [0.15, 0.2) is 0 Å². The molecule has 0 saturated carbocycles. The highest BCUT2D eigenvalue weighted by Crippen LogP contribution is 2.18. The molecule has 0 saturated heterocycles. The third-order valence-corrected chi connectivity index (χ3v) is 3.25. The van der Waals surface area contributed by atoms with Gasteiger partial charge in [0.25, 0.3) is 5.91 Å². The van der Waals surface area contributed by atoms with E-state index in [-0.39, 0.29) is 17.9 Å². The molecule has 0 fully saturated rings. The SMILES string of the molecule is COc1ccccc1CCC(=O)NNC(=O)c1ccccc1F. The van der Waals surface area contributed by atoms with Crippen molar-refractivity contribution in [1.29, 1.82) is 0 Å². The van der Waals surface area contributed by atoms with E-state index in [9.17, 15) is 14.0 Å². The van der Waals surface area contributed by atoms with Crippen LogP contribution in [0.4, 0.5) is 4.39 Å². The number of ether oxygens (including phenoxy) is 1. The van der Waals surface area contributed by atoms with Crippen molar-refractivity contribution in [2.75, 3.05) is 7.11 Å². The Labute approximate surface area is 133 Å². The van der Waals surface area contributed by atoms with Crippen LogP contribution in [0.1, 0.15) is 22.3 Å². The highest BCUT2D eigenvalue weighted by molar-refractivity contribution is 5.95. The van der Waals surface area contributed by atoms with Crippen molar-refractivity contribution in [3.05, 3.63) is 65.5 Å². The Morgan fingerprint density at radius 1 is 1.04 bits per heavy atom. The van der Waals surface area contributed by atoms with Crippen LogP contribution in [-0.2, 0) is 11.2 Å². The van der Waals surface area contributed by atoms with Crippen LogP contribution in [0.3, 0.4) is 0 Å². The second kappa shape index (κ2) is 7.93. The number of hydrogen-bond acceptors (Lipinski definition) is 3. The molecule has 120 valence electrons. The minimum Gasteiger partial charge on any atom is -0.496 e. The Bertz CT molecular complexity index is 704. The summed E-state index contributed by atoms with van der Waals surface area (Å²) in [5.41, 5.74) is 5.23. The number of amides is 2. The summed E-state index contributed by atoms with van der Waals surface area (Å²) in [5, 5.41) is 0. The highest BCUT2D eigenvalue weighted by atomic mass is 19.1. The molecule has 2 amide bonds. The molecule has 23 heavy (non-hydrogen) atoms. The molecule has 2 rings (SSSR count). The average molecular weight is 316 g/mol. The standard InChI is InChI=1S/C17H17FN2O3/c1-23-15-9-5-2-6-12(15)10-11-16(21)19-20-17(22)13-7-3-4-8-14(13)18/h2-9H,10-11H2,1H3,(H,19,21)(H,20,22). The van der Waals surface area contributed by atoms with E-state index in [1.54, 1.807) is 13.2 Å². The van der Waals surface area contributed by atoms with E-state index >= 15 is 0 Å². The lowest BCUT2D eigenvalue weighted by Crippen LogP contribution is -2.42. The van der Waals surface area contributed by atoms with Gasteiger partial charge in [0.2, 0.25) is 5.91 Å². The summed E-state index contributed by atoms with van der Waals surface area (Å²) >= 11 is 0. The molecule has 0 unspecified atom stereocenters. The molecule has 0 aromatic heterocycles. The van der Waals surface area contributed by atoms with E-state index in [1.807, 2.05) is 24.3 Å². The van der Waals surface area contributed by atoms with Crippen molar-refractivity contribution in [1.82, 2.24) is 10.9 Å². The lowest BCUT2D eigenvalue weighted by Gasteiger charge is -2.09. The molecule has 2 N–H and O–H groups in total. The van der Waals surface area contributed by atoms with Gasteiger partial charge < -0.3 is 4.74 Å². The van der Waals surface area contributed by atoms with Crippen molar-refractivity contribution in [3.63, 3.8) is 0 Å². The minimum atomic E-state index is -0.700. The molecule has 0 radical (unpaired) electrons. The Morgan fingerprint density at radius 2 is 1.74 bits per heavy atom. The summed E-state index contributed by atoms with van der Waals surface area (Å²) in [4.78, 5) is 23.5. The van der Waals surface area contributed by atoms with E-state index in [0.29, 0.717) is 12.2 Å². The van der Waals surface area contributed by atoms with E-state index in [4.69, 9.17) is 4.74 Å². The Balaban J connectivity index is 1.84. The number of rotatable bonds is 5. The van der Waals surface area contributed by atoms with Crippen molar-refractivity contribution < 1.29 is 18.7 Å². The monoisotopic (exact) mass is 316 g/mol. The molecule has 0 atom stereocenters. The van der Waals surface area contributed by atoms with Crippen LogP contribution in [0.2, 0.25) is 0 Å². The molecule has 2 aromatic carbocycles. The number of aryl methyl sites for hydroxylation is 1. The van der Waals surface area contributed by atoms with Gasteiger partial charge in [-0.1, -0.05) is 30.3 Å². The molecule has 0 aliphatic rings. The molecule has 0 aliphatic carbocycles. The maximum atomic E-state index is 13.4. The number of methoxy groups -OCH3 is 1. The number of para-hydroxylation sites is 1. The first-order chi connectivity index (χ1) is 11.1. The summed E-state index contributed by atoms with van der Waals surface area (Å²) in [7, 11) is 1.56. The summed E-state index contributed by atoms with van der Waals surface area (Å²) in [5.74, 6) is -1.02. The van der Waals surface area contributed by atoms with Gasteiger partial charge in [-0.3, -0.25) is 20.4 Å². The first kappa shape index (κ1) is 16.5. The van der Waals surface area contributed by atoms with Crippen LogP contribution in [0.15, 0.2) is 48.5 Å². The lowest BCUT2D eigenvalue weighted by atomic mass is 10.1.